The van der Waals surface area contributed by atoms with Crippen LogP contribution in [0.3, 0.4) is 0 Å². The normalized spacial score (nSPS) is 23.6. The third kappa shape index (κ3) is 5.13. The summed E-state index contributed by atoms with van der Waals surface area (Å²) >= 11 is 0. The summed E-state index contributed by atoms with van der Waals surface area (Å²) in [5, 5.41) is 45.3. The number of hydrogen-bond acceptors (Lipinski definition) is 7. The van der Waals surface area contributed by atoms with Gasteiger partial charge in [0.2, 0.25) is 12.2 Å². The van der Waals surface area contributed by atoms with Crippen molar-refractivity contribution in [1.29, 1.82) is 0 Å². The summed E-state index contributed by atoms with van der Waals surface area (Å²) in [5.74, 6) is -0.268. The minimum atomic E-state index is -1.60. The second-order valence-corrected chi connectivity index (χ2v) is 8.86. The van der Waals surface area contributed by atoms with Gasteiger partial charge in [0.15, 0.2) is 0 Å². The largest absolute Gasteiger partial charge is 0.443 e. The fraction of sp³-hybridized carbons (Fsp3) is 0.250. The summed E-state index contributed by atoms with van der Waals surface area (Å²) in [4.78, 5) is 0. The second-order valence-electron chi connectivity index (χ2n) is 8.86. The van der Waals surface area contributed by atoms with Gasteiger partial charge in [0.25, 0.3) is 0 Å². The van der Waals surface area contributed by atoms with E-state index in [9.17, 15) is 24.8 Å². The van der Waals surface area contributed by atoms with Crippen molar-refractivity contribution in [2.75, 3.05) is 6.61 Å². The van der Waals surface area contributed by atoms with Gasteiger partial charge < -0.3 is 29.9 Å². The molecule has 1 aliphatic heterocycles. The Hall–Kier alpha value is -3.60. The molecule has 5 rings (SSSR count). The van der Waals surface area contributed by atoms with E-state index in [-0.39, 0.29) is 11.7 Å². The van der Waals surface area contributed by atoms with Gasteiger partial charge in [-0.15, -0.1) is 5.10 Å². The van der Waals surface area contributed by atoms with Crippen LogP contribution in [0, 0.1) is 5.82 Å². The maximum atomic E-state index is 13.7. The van der Waals surface area contributed by atoms with Crippen molar-refractivity contribution in [2.45, 2.75) is 37.1 Å². The van der Waals surface area contributed by atoms with Gasteiger partial charge in [-0.25, -0.2) is 9.07 Å². The molecule has 0 radical (unpaired) electrons. The summed E-state index contributed by atoms with van der Waals surface area (Å²) in [6, 6.07) is 25.0. The van der Waals surface area contributed by atoms with Gasteiger partial charge in [0.1, 0.15) is 30.2 Å². The first-order valence-corrected chi connectivity index (χ1v) is 11.9. The van der Waals surface area contributed by atoms with Crippen LogP contribution in [-0.4, -0.2) is 67.5 Å². The number of benzene rings is 3. The van der Waals surface area contributed by atoms with Crippen molar-refractivity contribution >= 4 is 0 Å². The maximum Gasteiger partial charge on any atom is 0.239 e. The van der Waals surface area contributed by atoms with Crippen molar-refractivity contribution < 1.29 is 34.3 Å². The predicted octanol–water partition coefficient (Wildman–Crippen LogP) is 2.45. The Kier molecular flexibility index (Phi) is 7.31. The summed E-state index contributed by atoms with van der Waals surface area (Å²) in [7, 11) is 0. The Morgan fingerprint density at radius 1 is 0.838 bits per heavy atom. The molecule has 3 aromatic carbocycles. The number of hydrogen-bond donors (Lipinski definition) is 4. The van der Waals surface area contributed by atoms with Gasteiger partial charge in [-0.1, -0.05) is 60.7 Å². The van der Waals surface area contributed by atoms with Crippen molar-refractivity contribution in [2.24, 2.45) is 0 Å². The third-order valence-electron chi connectivity index (χ3n) is 6.37. The Morgan fingerprint density at radius 3 is 2.14 bits per heavy atom. The van der Waals surface area contributed by atoms with Crippen molar-refractivity contribution in [3.63, 3.8) is 0 Å². The quantitative estimate of drug-likeness (QED) is 0.304. The molecule has 0 aliphatic carbocycles. The lowest BCUT2D eigenvalue weighted by Crippen LogP contribution is -2.60. The molecule has 1 aromatic heterocycles. The minimum absolute atomic E-state index is 0.122. The summed E-state index contributed by atoms with van der Waals surface area (Å²) in [5.41, 5.74) is 3.73. The van der Waals surface area contributed by atoms with Crippen LogP contribution in [0.1, 0.15) is 11.1 Å². The lowest BCUT2D eigenvalue weighted by atomic mass is 9.99. The average molecular weight is 507 g/mol. The lowest BCUT2D eigenvalue weighted by molar-refractivity contribution is -0.278. The molecule has 4 N–H and O–H groups in total. The third-order valence-corrected chi connectivity index (χ3v) is 6.37. The van der Waals surface area contributed by atoms with E-state index in [0.717, 1.165) is 11.1 Å². The van der Waals surface area contributed by atoms with Gasteiger partial charge in [-0.2, -0.15) is 0 Å². The maximum absolute atomic E-state index is 13.7. The summed E-state index contributed by atoms with van der Waals surface area (Å²) in [6.45, 7) is -0.582. The van der Waals surface area contributed by atoms with Crippen molar-refractivity contribution in [3.8, 4) is 22.8 Å². The number of aliphatic hydroxyl groups excluding tert-OH is 4. The highest BCUT2D eigenvalue weighted by atomic mass is 19.1. The molecular weight excluding hydrogens is 479 g/mol. The molecule has 0 bridgehead atoms. The van der Waals surface area contributed by atoms with Gasteiger partial charge >= 0.3 is 0 Å². The number of nitrogens with zero attached hydrogens (tertiary/aromatic N) is 2. The van der Waals surface area contributed by atoms with E-state index in [4.69, 9.17) is 9.47 Å². The zero-order valence-electron chi connectivity index (χ0n) is 19.8. The Morgan fingerprint density at radius 2 is 1.49 bits per heavy atom. The zero-order valence-corrected chi connectivity index (χ0v) is 19.8. The first-order chi connectivity index (χ1) is 18.0. The standard InChI is InChI=1S/C28H27FN2O6/c29-19-11-13-20(14-12-19)31-23(18-9-5-2-6-10-18)21(15-17-7-3-1-4-8-17)27(30-31)37-28-26(35)25(34)24(33)22(16-32)36-28/h1-14,22,24-26,28,32-35H,15-16H2/t22-,24-,25+,26-,28+/m1/s1. The number of halogens is 1. The molecule has 192 valence electrons. The van der Waals surface area contributed by atoms with Gasteiger partial charge in [-0.3, -0.25) is 0 Å². The van der Waals surface area contributed by atoms with Crippen LogP contribution in [0.5, 0.6) is 5.88 Å². The fourth-order valence-electron chi connectivity index (χ4n) is 4.42. The predicted molar refractivity (Wildman–Crippen MR) is 133 cm³/mol. The van der Waals surface area contributed by atoms with E-state index >= 15 is 0 Å². The monoisotopic (exact) mass is 506 g/mol. The molecule has 1 fully saturated rings. The molecule has 2 heterocycles. The van der Waals surface area contributed by atoms with E-state index in [1.54, 1.807) is 16.8 Å². The van der Waals surface area contributed by atoms with Crippen LogP contribution in [0.15, 0.2) is 84.9 Å². The highest BCUT2D eigenvalue weighted by Gasteiger charge is 2.45. The SMILES string of the molecule is OC[C@H]1O[C@@H](Oc2nn(-c3ccc(F)cc3)c(-c3ccccc3)c2Cc2ccccc2)[C@H](O)[C@@H](O)[C@@H]1O. The van der Waals surface area contributed by atoms with Gasteiger partial charge in [0.05, 0.1) is 18.0 Å². The first-order valence-electron chi connectivity index (χ1n) is 11.9. The molecule has 5 atom stereocenters. The van der Waals surface area contributed by atoms with Crippen LogP contribution >= 0.6 is 0 Å². The molecule has 0 spiro atoms. The first kappa shape index (κ1) is 25.1. The number of rotatable bonds is 7. The Bertz CT molecular complexity index is 1310. The van der Waals surface area contributed by atoms with Crippen LogP contribution in [0.4, 0.5) is 4.39 Å². The van der Waals surface area contributed by atoms with Crippen LogP contribution < -0.4 is 4.74 Å². The lowest BCUT2D eigenvalue weighted by Gasteiger charge is -2.39. The molecule has 0 amide bonds. The molecule has 9 heteroatoms. The smallest absolute Gasteiger partial charge is 0.239 e. The highest BCUT2D eigenvalue weighted by molar-refractivity contribution is 5.69. The molecule has 1 aliphatic rings. The van der Waals surface area contributed by atoms with E-state index in [2.05, 4.69) is 5.10 Å². The number of aromatic nitrogens is 2. The van der Waals surface area contributed by atoms with Gasteiger partial charge in [0, 0.05) is 17.5 Å². The van der Waals surface area contributed by atoms with E-state index < -0.39 is 37.3 Å². The Labute approximate surface area is 212 Å². The average Bonchev–Trinajstić information content (AvgIpc) is 3.27. The number of ether oxygens (including phenoxy) is 2. The molecule has 37 heavy (non-hydrogen) atoms. The van der Waals surface area contributed by atoms with Crippen LogP contribution in [0.25, 0.3) is 16.9 Å². The molecule has 1 saturated heterocycles. The van der Waals surface area contributed by atoms with Crippen molar-refractivity contribution in [1.82, 2.24) is 9.78 Å². The minimum Gasteiger partial charge on any atom is -0.443 e. The van der Waals surface area contributed by atoms with E-state index in [0.29, 0.717) is 23.4 Å². The topological polar surface area (TPSA) is 117 Å². The second kappa shape index (κ2) is 10.8. The molecule has 0 saturated carbocycles. The summed E-state index contributed by atoms with van der Waals surface area (Å²) < 4.78 is 27.0. The highest BCUT2D eigenvalue weighted by Crippen LogP contribution is 2.36. The molecule has 8 nitrogen and oxygen atoms in total. The van der Waals surface area contributed by atoms with Crippen LogP contribution in [-0.2, 0) is 11.2 Å². The van der Waals surface area contributed by atoms with E-state index in [1.807, 2.05) is 60.7 Å². The summed E-state index contributed by atoms with van der Waals surface area (Å²) in [6.07, 6.45) is -6.85. The number of aliphatic hydroxyl groups is 4. The molecule has 4 aromatic rings. The van der Waals surface area contributed by atoms with E-state index in [1.165, 1.54) is 12.1 Å². The fourth-order valence-corrected chi connectivity index (χ4v) is 4.42. The Balaban J connectivity index is 1.65. The molecular formula is C28H27FN2O6. The molecule has 0 unspecified atom stereocenters. The zero-order chi connectivity index (χ0) is 25.9. The van der Waals surface area contributed by atoms with Crippen LogP contribution in [0.2, 0.25) is 0 Å². The van der Waals surface area contributed by atoms with Crippen molar-refractivity contribution in [3.05, 3.63) is 102 Å². The van der Waals surface area contributed by atoms with Gasteiger partial charge in [-0.05, 0) is 29.8 Å².